The van der Waals surface area contributed by atoms with Crippen LogP contribution < -0.4 is 14.4 Å². The van der Waals surface area contributed by atoms with Crippen molar-refractivity contribution in [2.75, 3.05) is 32.2 Å². The number of benzene rings is 3. The molecule has 36 heavy (non-hydrogen) atoms. The molecule has 2 aliphatic heterocycles. The molecular formula is C29H30N2O4S. The zero-order valence-electron chi connectivity index (χ0n) is 20.6. The lowest BCUT2D eigenvalue weighted by Gasteiger charge is -2.38. The Hall–Kier alpha value is -3.45. The smallest absolute Gasteiger partial charge is 0.242 e. The molecule has 186 valence electrons. The van der Waals surface area contributed by atoms with Gasteiger partial charge < -0.3 is 19.3 Å². The van der Waals surface area contributed by atoms with Crippen LogP contribution in [-0.4, -0.2) is 48.8 Å². The number of para-hydroxylation sites is 1. The highest BCUT2D eigenvalue weighted by Crippen LogP contribution is 2.55. The summed E-state index contributed by atoms with van der Waals surface area (Å²) in [5, 5.41) is 0. The molecule has 0 radical (unpaired) electrons. The van der Waals surface area contributed by atoms with Crippen molar-refractivity contribution in [3.8, 4) is 11.5 Å². The second kappa shape index (κ2) is 10.3. The number of carbonyl (C=O) groups excluding carboxylic acids is 2. The summed E-state index contributed by atoms with van der Waals surface area (Å²) in [6, 6.07) is 24.6. The summed E-state index contributed by atoms with van der Waals surface area (Å²) >= 11 is 1.49. The number of carbonyl (C=O) groups is 2. The molecular weight excluding hydrogens is 472 g/mol. The van der Waals surface area contributed by atoms with Crippen molar-refractivity contribution >= 4 is 29.3 Å². The van der Waals surface area contributed by atoms with Crippen LogP contribution in [0.15, 0.2) is 83.8 Å². The van der Waals surface area contributed by atoms with Crippen LogP contribution in [0.25, 0.3) is 0 Å². The monoisotopic (exact) mass is 502 g/mol. The normalized spacial score (nSPS) is 21.6. The molecule has 3 aromatic rings. The van der Waals surface area contributed by atoms with Gasteiger partial charge in [0.2, 0.25) is 11.8 Å². The van der Waals surface area contributed by atoms with Crippen LogP contribution in [0.4, 0.5) is 5.69 Å². The predicted octanol–water partition coefficient (Wildman–Crippen LogP) is 5.34. The first-order valence-corrected chi connectivity index (χ1v) is 13.0. The first-order valence-electron chi connectivity index (χ1n) is 12.2. The summed E-state index contributed by atoms with van der Waals surface area (Å²) in [7, 11) is 3.26. The molecule has 2 atom stereocenters. The van der Waals surface area contributed by atoms with Gasteiger partial charge >= 0.3 is 0 Å². The molecule has 0 aliphatic carbocycles. The molecule has 2 aliphatic rings. The molecule has 2 fully saturated rings. The second-order valence-electron chi connectivity index (χ2n) is 9.12. The van der Waals surface area contributed by atoms with Crippen molar-refractivity contribution in [2.24, 2.45) is 0 Å². The van der Waals surface area contributed by atoms with Gasteiger partial charge in [0.05, 0.1) is 26.7 Å². The van der Waals surface area contributed by atoms with E-state index < -0.39 is 10.8 Å². The Labute approximate surface area is 216 Å². The Morgan fingerprint density at radius 1 is 0.861 bits per heavy atom. The maximum Gasteiger partial charge on any atom is 0.242 e. The Morgan fingerprint density at radius 2 is 1.44 bits per heavy atom. The minimum atomic E-state index is -1.03. The second-order valence-corrected chi connectivity index (χ2v) is 10.5. The van der Waals surface area contributed by atoms with Gasteiger partial charge in [0.25, 0.3) is 0 Å². The van der Waals surface area contributed by atoms with E-state index in [1.165, 1.54) is 11.8 Å². The van der Waals surface area contributed by atoms with E-state index in [2.05, 4.69) is 0 Å². The van der Waals surface area contributed by atoms with E-state index in [9.17, 15) is 9.59 Å². The van der Waals surface area contributed by atoms with Crippen LogP contribution in [0.2, 0.25) is 0 Å². The van der Waals surface area contributed by atoms with E-state index in [-0.39, 0.29) is 18.2 Å². The quantitative estimate of drug-likeness (QED) is 0.437. The topological polar surface area (TPSA) is 59.1 Å². The summed E-state index contributed by atoms with van der Waals surface area (Å²) in [5.41, 5.74) is 1.69. The molecule has 0 N–H and O–H groups in total. The first-order chi connectivity index (χ1) is 17.6. The van der Waals surface area contributed by atoms with Crippen LogP contribution in [0, 0.1) is 0 Å². The average molecular weight is 503 g/mol. The number of rotatable bonds is 7. The fourth-order valence-corrected chi connectivity index (χ4v) is 6.67. The minimum Gasteiger partial charge on any atom is -0.497 e. The Balaban J connectivity index is 1.67. The molecule has 0 saturated carbocycles. The highest BCUT2D eigenvalue weighted by Gasteiger charge is 2.59. The summed E-state index contributed by atoms with van der Waals surface area (Å²) in [6.45, 7) is 1.44. The van der Waals surface area contributed by atoms with E-state index in [1.54, 1.807) is 14.2 Å². The van der Waals surface area contributed by atoms with Gasteiger partial charge in [0.15, 0.2) is 0 Å². The fourth-order valence-electron chi connectivity index (χ4n) is 5.22. The van der Waals surface area contributed by atoms with Crippen LogP contribution in [0.3, 0.4) is 0 Å². The third-order valence-corrected chi connectivity index (χ3v) is 8.38. The molecule has 6 nitrogen and oxygen atoms in total. The van der Waals surface area contributed by atoms with Gasteiger partial charge in [-0.25, -0.2) is 0 Å². The molecule has 7 heteroatoms. The van der Waals surface area contributed by atoms with E-state index in [0.717, 1.165) is 53.6 Å². The van der Waals surface area contributed by atoms with Gasteiger partial charge in [-0.3, -0.25) is 9.59 Å². The van der Waals surface area contributed by atoms with Gasteiger partial charge in [-0.2, -0.15) is 0 Å². The number of amides is 2. The molecule has 5 rings (SSSR count). The highest BCUT2D eigenvalue weighted by molar-refractivity contribution is 8.01. The lowest BCUT2D eigenvalue weighted by atomic mass is 9.90. The fraction of sp³-hybridized carbons (Fsp3) is 0.310. The maximum absolute atomic E-state index is 14.4. The summed E-state index contributed by atoms with van der Waals surface area (Å²) in [4.78, 5) is 32.9. The molecule has 2 heterocycles. The third kappa shape index (κ3) is 4.44. The molecule has 0 aromatic heterocycles. The summed E-state index contributed by atoms with van der Waals surface area (Å²) in [6.07, 6.45) is 2.09. The van der Waals surface area contributed by atoms with Crippen molar-refractivity contribution in [1.29, 1.82) is 0 Å². The van der Waals surface area contributed by atoms with Gasteiger partial charge in [0.1, 0.15) is 16.2 Å². The van der Waals surface area contributed by atoms with Crippen molar-refractivity contribution in [3.63, 3.8) is 0 Å². The molecule has 2 amide bonds. The molecule has 0 unspecified atom stereocenters. The first kappa shape index (κ1) is 24.3. The predicted molar refractivity (Wildman–Crippen MR) is 142 cm³/mol. The minimum absolute atomic E-state index is 0.0217. The van der Waals surface area contributed by atoms with Crippen LogP contribution >= 0.6 is 11.8 Å². The number of likely N-dealkylation sites (tertiary alicyclic amines) is 1. The van der Waals surface area contributed by atoms with Crippen molar-refractivity contribution in [3.05, 3.63) is 84.4 Å². The van der Waals surface area contributed by atoms with E-state index in [4.69, 9.17) is 9.47 Å². The van der Waals surface area contributed by atoms with E-state index in [0.29, 0.717) is 0 Å². The number of anilines is 1. The molecule has 0 spiro atoms. The SMILES string of the molecule is COc1ccc(S[C@]2(C(=O)N3CCCC3)CC(=O)N(c3ccccc3)[C@@H]2c2ccc(OC)cc2)cc1. The van der Waals surface area contributed by atoms with Crippen molar-refractivity contribution in [1.82, 2.24) is 4.90 Å². The molecule has 0 bridgehead atoms. The Bertz CT molecular complexity index is 1210. The zero-order chi connectivity index (χ0) is 25.1. The van der Waals surface area contributed by atoms with Gasteiger partial charge in [0, 0.05) is 23.7 Å². The molecule has 3 aromatic carbocycles. The van der Waals surface area contributed by atoms with Crippen LogP contribution in [-0.2, 0) is 9.59 Å². The number of thioether (sulfide) groups is 1. The van der Waals surface area contributed by atoms with E-state index in [1.807, 2.05) is 88.7 Å². The standard InChI is InChI=1S/C29H30N2O4S/c1-34-23-12-10-21(11-13-23)27-29(28(33)30-18-6-7-19-30,36-25-16-14-24(35-2)15-17-25)20-26(32)31(27)22-8-4-3-5-9-22/h3-5,8-17,27H,6-7,18-20H2,1-2H3/t27-,29-/m1/s1. The average Bonchev–Trinajstić information content (AvgIpc) is 3.56. The Morgan fingerprint density at radius 3 is 2.03 bits per heavy atom. The van der Waals surface area contributed by atoms with E-state index >= 15 is 0 Å². The van der Waals surface area contributed by atoms with Crippen LogP contribution in [0.1, 0.15) is 30.9 Å². The van der Waals surface area contributed by atoms with Gasteiger partial charge in [-0.1, -0.05) is 30.3 Å². The number of hydrogen-bond donors (Lipinski definition) is 0. The third-order valence-electron chi connectivity index (χ3n) is 6.96. The summed E-state index contributed by atoms with van der Waals surface area (Å²) < 4.78 is 9.70. The maximum atomic E-state index is 14.4. The highest BCUT2D eigenvalue weighted by atomic mass is 32.2. The molecule has 2 saturated heterocycles. The lowest BCUT2D eigenvalue weighted by molar-refractivity contribution is -0.133. The zero-order valence-corrected chi connectivity index (χ0v) is 21.4. The van der Waals surface area contributed by atoms with Crippen molar-refractivity contribution in [2.45, 2.75) is 34.9 Å². The lowest BCUT2D eigenvalue weighted by Crippen LogP contribution is -2.49. The number of nitrogens with zero attached hydrogens (tertiary/aromatic N) is 2. The number of methoxy groups -OCH3 is 2. The van der Waals surface area contributed by atoms with Gasteiger partial charge in [-0.05, 0) is 66.9 Å². The van der Waals surface area contributed by atoms with Crippen LogP contribution in [0.5, 0.6) is 11.5 Å². The largest absolute Gasteiger partial charge is 0.497 e. The summed E-state index contributed by atoms with van der Waals surface area (Å²) in [5.74, 6) is 1.44. The van der Waals surface area contributed by atoms with Crippen molar-refractivity contribution < 1.29 is 19.1 Å². The number of ether oxygens (including phenoxy) is 2. The van der Waals surface area contributed by atoms with Gasteiger partial charge in [-0.15, -0.1) is 11.8 Å². The number of hydrogen-bond acceptors (Lipinski definition) is 5. The Kier molecular flexibility index (Phi) is 6.92.